The fourth-order valence-corrected chi connectivity index (χ4v) is 4.58. The molecule has 1 amide bonds. The minimum atomic E-state index is -0.763. The van der Waals surface area contributed by atoms with Gasteiger partial charge >= 0.3 is 12.1 Å². The van der Waals surface area contributed by atoms with Gasteiger partial charge in [0.25, 0.3) is 0 Å². The van der Waals surface area contributed by atoms with Crippen molar-refractivity contribution in [2.24, 2.45) is 0 Å². The smallest absolute Gasteiger partial charge is 0.411 e. The molecule has 188 valence electrons. The van der Waals surface area contributed by atoms with Crippen LogP contribution in [0.5, 0.6) is 0 Å². The van der Waals surface area contributed by atoms with Gasteiger partial charge in [0.05, 0.1) is 12.0 Å². The lowest BCUT2D eigenvalue weighted by Crippen LogP contribution is -2.19. The van der Waals surface area contributed by atoms with Crippen LogP contribution >= 0.6 is 11.6 Å². The first-order valence-electron chi connectivity index (χ1n) is 12.0. The molecule has 1 saturated carbocycles. The summed E-state index contributed by atoms with van der Waals surface area (Å²) < 4.78 is 10.8. The number of amides is 1. The van der Waals surface area contributed by atoms with Gasteiger partial charge in [-0.1, -0.05) is 83.5 Å². The normalized spacial score (nSPS) is 13.7. The van der Waals surface area contributed by atoms with Crippen LogP contribution in [0.2, 0.25) is 5.02 Å². The second kappa shape index (κ2) is 10.1. The van der Waals surface area contributed by atoms with E-state index in [2.05, 4.69) is 10.5 Å². The van der Waals surface area contributed by atoms with Gasteiger partial charge in [-0.15, -0.1) is 0 Å². The summed E-state index contributed by atoms with van der Waals surface area (Å²) in [6, 6.07) is 22.8. The van der Waals surface area contributed by atoms with Crippen LogP contribution in [-0.4, -0.2) is 28.9 Å². The molecule has 2 N–H and O–H groups in total. The predicted molar refractivity (Wildman–Crippen MR) is 141 cm³/mol. The molecule has 1 fully saturated rings. The summed E-state index contributed by atoms with van der Waals surface area (Å²) in [7, 11) is 0. The number of aromatic nitrogens is 1. The zero-order chi connectivity index (χ0) is 26.0. The van der Waals surface area contributed by atoms with Crippen LogP contribution in [0.1, 0.15) is 29.7 Å². The Bertz CT molecular complexity index is 1440. The minimum absolute atomic E-state index is 0.177. The number of benzene rings is 3. The summed E-state index contributed by atoms with van der Waals surface area (Å²) in [5.41, 5.74) is 4.70. The van der Waals surface area contributed by atoms with E-state index >= 15 is 0 Å². The lowest BCUT2D eigenvalue weighted by Gasteiger charge is -2.11. The molecule has 0 aliphatic heterocycles. The Balaban J connectivity index is 1.25. The molecule has 0 atom stereocenters. The van der Waals surface area contributed by atoms with Crippen molar-refractivity contribution in [2.75, 3.05) is 11.9 Å². The Morgan fingerprint density at radius 3 is 2.24 bits per heavy atom. The zero-order valence-corrected chi connectivity index (χ0v) is 20.9. The van der Waals surface area contributed by atoms with Gasteiger partial charge in [0.1, 0.15) is 11.4 Å². The van der Waals surface area contributed by atoms with E-state index in [4.69, 9.17) is 20.9 Å². The number of nitrogens with zero attached hydrogens (tertiary/aromatic N) is 1. The number of hydrogen-bond donors (Lipinski definition) is 2. The van der Waals surface area contributed by atoms with Crippen molar-refractivity contribution in [3.8, 4) is 22.5 Å². The average molecular weight is 517 g/mol. The highest BCUT2D eigenvalue weighted by molar-refractivity contribution is 6.31. The minimum Gasteiger partial charge on any atom is -0.481 e. The molecule has 3 aromatic carbocycles. The highest BCUT2D eigenvalue weighted by Gasteiger charge is 2.51. The SMILES string of the molecule is Cc1noc(-c2ccc(-c3ccc(C4(C(=O)O)CC4)cc3)cc2)c1NC(=O)OCCc1ccccc1Cl. The number of hydrogen-bond acceptors (Lipinski definition) is 5. The number of aliphatic carboxylic acids is 1. The number of ether oxygens (including phenoxy) is 1. The van der Waals surface area contributed by atoms with Crippen LogP contribution in [0.3, 0.4) is 0 Å². The van der Waals surface area contributed by atoms with Gasteiger partial charge in [-0.25, -0.2) is 4.79 Å². The summed E-state index contributed by atoms with van der Waals surface area (Å²) in [6.07, 6.45) is 1.25. The van der Waals surface area contributed by atoms with Crippen molar-refractivity contribution < 1.29 is 24.0 Å². The summed E-state index contributed by atoms with van der Waals surface area (Å²) in [5, 5.41) is 16.9. The molecule has 8 heteroatoms. The summed E-state index contributed by atoms with van der Waals surface area (Å²) in [4.78, 5) is 24.0. The second-order valence-corrected chi connectivity index (χ2v) is 9.52. The number of carboxylic acid groups (broad SMARTS) is 1. The molecular weight excluding hydrogens is 492 g/mol. The van der Waals surface area contributed by atoms with E-state index in [0.717, 1.165) is 27.8 Å². The Morgan fingerprint density at radius 1 is 1.00 bits per heavy atom. The number of carboxylic acids is 1. The van der Waals surface area contributed by atoms with E-state index in [1.807, 2.05) is 66.7 Å². The lowest BCUT2D eigenvalue weighted by molar-refractivity contribution is -0.140. The molecule has 0 saturated heterocycles. The van der Waals surface area contributed by atoms with Gasteiger partial charge in [0.2, 0.25) is 0 Å². The van der Waals surface area contributed by atoms with Crippen LogP contribution in [0, 0.1) is 6.92 Å². The maximum atomic E-state index is 12.4. The Kier molecular flexibility index (Phi) is 6.72. The second-order valence-electron chi connectivity index (χ2n) is 9.12. The molecule has 5 rings (SSSR count). The van der Waals surface area contributed by atoms with Gasteiger partial charge in [-0.2, -0.15) is 0 Å². The van der Waals surface area contributed by atoms with Crippen molar-refractivity contribution in [3.63, 3.8) is 0 Å². The van der Waals surface area contributed by atoms with Crippen molar-refractivity contribution in [2.45, 2.75) is 31.6 Å². The van der Waals surface area contributed by atoms with Crippen LogP contribution in [0.15, 0.2) is 77.3 Å². The molecular formula is C29H25ClN2O5. The van der Waals surface area contributed by atoms with E-state index in [-0.39, 0.29) is 6.61 Å². The number of anilines is 1. The maximum Gasteiger partial charge on any atom is 0.411 e. The first-order chi connectivity index (χ1) is 17.9. The molecule has 1 aliphatic carbocycles. The topological polar surface area (TPSA) is 102 Å². The van der Waals surface area contributed by atoms with Crippen molar-refractivity contribution in [1.82, 2.24) is 5.16 Å². The molecule has 0 bridgehead atoms. The quantitative estimate of drug-likeness (QED) is 0.265. The Labute approximate surface area is 219 Å². The van der Waals surface area contributed by atoms with Gasteiger partial charge in [-0.05, 0) is 48.1 Å². The van der Waals surface area contributed by atoms with Crippen LogP contribution in [-0.2, 0) is 21.4 Å². The molecule has 7 nitrogen and oxygen atoms in total. The molecule has 1 aromatic heterocycles. The molecule has 37 heavy (non-hydrogen) atoms. The van der Waals surface area contributed by atoms with Gasteiger partial charge < -0.3 is 14.4 Å². The van der Waals surface area contributed by atoms with E-state index in [9.17, 15) is 14.7 Å². The van der Waals surface area contributed by atoms with Crippen LogP contribution < -0.4 is 5.32 Å². The molecule has 1 heterocycles. The predicted octanol–water partition coefficient (Wildman–Crippen LogP) is 6.88. The van der Waals surface area contributed by atoms with Gasteiger partial charge in [0, 0.05) is 17.0 Å². The first kappa shape index (κ1) is 24.6. The fourth-order valence-electron chi connectivity index (χ4n) is 4.35. The molecule has 0 unspecified atom stereocenters. The molecule has 4 aromatic rings. The highest BCUT2D eigenvalue weighted by Crippen LogP contribution is 2.48. The first-order valence-corrected chi connectivity index (χ1v) is 12.3. The van der Waals surface area contributed by atoms with Crippen LogP contribution in [0.25, 0.3) is 22.5 Å². The lowest BCUT2D eigenvalue weighted by atomic mass is 9.93. The summed E-state index contributed by atoms with van der Waals surface area (Å²) >= 11 is 6.15. The number of halogens is 1. The summed E-state index contributed by atoms with van der Waals surface area (Å²) in [6.45, 7) is 1.92. The Hall–Kier alpha value is -4.10. The van der Waals surface area contributed by atoms with Gasteiger partial charge in [-0.3, -0.25) is 10.1 Å². The zero-order valence-electron chi connectivity index (χ0n) is 20.2. The number of rotatable bonds is 8. The van der Waals surface area contributed by atoms with Crippen molar-refractivity contribution >= 4 is 29.4 Å². The molecule has 0 radical (unpaired) electrons. The van der Waals surface area contributed by atoms with Crippen molar-refractivity contribution in [1.29, 1.82) is 0 Å². The van der Waals surface area contributed by atoms with E-state index in [1.54, 1.807) is 13.0 Å². The number of aryl methyl sites for hydroxylation is 1. The number of nitrogens with one attached hydrogen (secondary N) is 1. The molecule has 1 aliphatic rings. The fraction of sp³-hybridized carbons (Fsp3) is 0.207. The summed E-state index contributed by atoms with van der Waals surface area (Å²) in [5.74, 6) is -0.333. The standard InChI is InChI=1S/C29H25ClN2O5/c1-18-25(31-28(35)36-17-14-21-4-2-3-5-24(21)30)26(37-32-18)22-8-6-19(7-9-22)20-10-12-23(13-11-20)29(15-16-29)27(33)34/h2-13H,14-17H2,1H3,(H,31,35)(H,33,34). The van der Waals surface area contributed by atoms with E-state index < -0.39 is 17.5 Å². The third-order valence-electron chi connectivity index (χ3n) is 6.73. The van der Waals surface area contributed by atoms with Gasteiger partial charge in [0.15, 0.2) is 5.76 Å². The average Bonchev–Trinajstić information content (AvgIpc) is 3.65. The molecule has 0 spiro atoms. The number of carbonyl (C=O) groups excluding carboxylic acids is 1. The van der Waals surface area contributed by atoms with Crippen molar-refractivity contribution in [3.05, 3.63) is 94.6 Å². The third-order valence-corrected chi connectivity index (χ3v) is 7.10. The third kappa shape index (κ3) is 5.08. The van der Waals surface area contributed by atoms with E-state index in [0.29, 0.717) is 41.4 Å². The monoisotopic (exact) mass is 516 g/mol. The highest BCUT2D eigenvalue weighted by atomic mass is 35.5. The Morgan fingerprint density at radius 2 is 1.62 bits per heavy atom. The van der Waals surface area contributed by atoms with E-state index in [1.165, 1.54) is 0 Å². The largest absolute Gasteiger partial charge is 0.481 e. The number of carbonyl (C=O) groups is 2. The maximum absolute atomic E-state index is 12.4. The van der Waals surface area contributed by atoms with Crippen LogP contribution in [0.4, 0.5) is 10.5 Å².